The number of carbonyl (C=O) groups is 2. The molecule has 0 heterocycles. The summed E-state index contributed by atoms with van der Waals surface area (Å²) in [6.45, 7) is 1.32. The van der Waals surface area contributed by atoms with E-state index in [4.69, 9.17) is 4.74 Å². The summed E-state index contributed by atoms with van der Waals surface area (Å²) >= 11 is 0. The molecule has 3 nitrogen and oxygen atoms in total. The monoisotopic (exact) mass is 202 g/mol. The lowest BCUT2D eigenvalue weighted by Gasteiger charge is -2.15. The lowest BCUT2D eigenvalue weighted by atomic mass is 9.95. The van der Waals surface area contributed by atoms with Gasteiger partial charge in [0.25, 0.3) is 0 Å². The first-order valence-corrected chi connectivity index (χ1v) is 4.68. The van der Waals surface area contributed by atoms with Crippen molar-refractivity contribution >= 4 is 17.5 Å². The average molecular weight is 202 g/mol. The number of fused-ring (bicyclic) bond motifs is 1. The molecule has 0 amide bonds. The predicted octanol–water partition coefficient (Wildman–Crippen LogP) is 1.72. The first kappa shape index (κ1) is 9.65. The van der Waals surface area contributed by atoms with Crippen LogP contribution in [-0.4, -0.2) is 11.8 Å². The number of benzene rings is 1. The molecule has 15 heavy (non-hydrogen) atoms. The molecular weight excluding hydrogens is 192 g/mol. The molecule has 0 radical (unpaired) electrons. The van der Waals surface area contributed by atoms with Crippen LogP contribution in [-0.2, 0) is 20.7 Å². The summed E-state index contributed by atoms with van der Waals surface area (Å²) in [4.78, 5) is 22.2. The van der Waals surface area contributed by atoms with Gasteiger partial charge in [0.2, 0.25) is 0 Å². The quantitative estimate of drug-likeness (QED) is 0.651. The van der Waals surface area contributed by atoms with Gasteiger partial charge in [0.1, 0.15) is 5.76 Å². The number of allylic oxidation sites excluding steroid dienone is 1. The highest BCUT2D eigenvalue weighted by molar-refractivity contribution is 6.01. The number of ketones is 1. The number of esters is 1. The maximum atomic E-state index is 11.4. The number of hydrogen-bond donors (Lipinski definition) is 0. The van der Waals surface area contributed by atoms with Crippen LogP contribution in [0.3, 0.4) is 0 Å². The second-order valence-corrected chi connectivity index (χ2v) is 3.40. The van der Waals surface area contributed by atoms with Crippen LogP contribution in [0.1, 0.15) is 18.1 Å². The number of hydrogen-bond acceptors (Lipinski definition) is 3. The zero-order valence-electron chi connectivity index (χ0n) is 8.32. The molecule has 0 N–H and O–H groups in total. The van der Waals surface area contributed by atoms with Crippen molar-refractivity contribution < 1.29 is 14.3 Å². The van der Waals surface area contributed by atoms with Crippen molar-refractivity contribution in [3.8, 4) is 0 Å². The van der Waals surface area contributed by atoms with Crippen molar-refractivity contribution in [1.29, 1.82) is 0 Å². The molecule has 1 aromatic carbocycles. The molecule has 2 rings (SSSR count). The van der Waals surface area contributed by atoms with Crippen LogP contribution in [0.5, 0.6) is 0 Å². The molecule has 1 aromatic rings. The Bertz CT molecular complexity index is 458. The first-order valence-electron chi connectivity index (χ1n) is 4.68. The molecule has 1 aliphatic carbocycles. The molecule has 3 heteroatoms. The van der Waals surface area contributed by atoms with Crippen molar-refractivity contribution in [2.24, 2.45) is 0 Å². The third kappa shape index (κ3) is 1.96. The molecule has 0 aliphatic heterocycles. The van der Waals surface area contributed by atoms with E-state index in [1.165, 1.54) is 13.0 Å². The number of carbonyl (C=O) groups excluding carboxylic acids is 2. The summed E-state index contributed by atoms with van der Waals surface area (Å²) in [7, 11) is 0. The van der Waals surface area contributed by atoms with Gasteiger partial charge in [-0.05, 0) is 5.56 Å². The Hall–Kier alpha value is -1.90. The van der Waals surface area contributed by atoms with E-state index >= 15 is 0 Å². The lowest BCUT2D eigenvalue weighted by molar-refractivity contribution is -0.134. The Morgan fingerprint density at radius 3 is 2.80 bits per heavy atom. The Morgan fingerprint density at radius 1 is 1.33 bits per heavy atom. The minimum Gasteiger partial charge on any atom is -0.426 e. The highest BCUT2D eigenvalue weighted by Crippen LogP contribution is 2.25. The van der Waals surface area contributed by atoms with Crippen LogP contribution >= 0.6 is 0 Å². The van der Waals surface area contributed by atoms with Crippen LogP contribution in [0.2, 0.25) is 0 Å². The van der Waals surface area contributed by atoms with Gasteiger partial charge in [-0.1, -0.05) is 24.3 Å². The SMILES string of the molecule is CC(=O)OC1=CC(=O)Cc2ccccc21. The zero-order valence-corrected chi connectivity index (χ0v) is 8.32. The normalized spacial score (nSPS) is 14.2. The number of ether oxygens (including phenoxy) is 1. The fourth-order valence-corrected chi connectivity index (χ4v) is 1.62. The molecule has 76 valence electrons. The molecule has 0 fully saturated rings. The van der Waals surface area contributed by atoms with Gasteiger partial charge in [0.05, 0.1) is 0 Å². The van der Waals surface area contributed by atoms with Gasteiger partial charge in [-0.15, -0.1) is 0 Å². The van der Waals surface area contributed by atoms with E-state index in [9.17, 15) is 9.59 Å². The molecule has 0 aromatic heterocycles. The van der Waals surface area contributed by atoms with Crippen molar-refractivity contribution in [2.45, 2.75) is 13.3 Å². The Labute approximate surface area is 87.4 Å². The van der Waals surface area contributed by atoms with Gasteiger partial charge in [-0.3, -0.25) is 9.59 Å². The molecule has 0 unspecified atom stereocenters. The minimum absolute atomic E-state index is 0.0371. The largest absolute Gasteiger partial charge is 0.426 e. The van der Waals surface area contributed by atoms with E-state index in [1.807, 2.05) is 24.3 Å². The van der Waals surface area contributed by atoms with Crippen molar-refractivity contribution in [1.82, 2.24) is 0 Å². The van der Waals surface area contributed by atoms with E-state index in [2.05, 4.69) is 0 Å². The fraction of sp³-hybridized carbons (Fsp3) is 0.167. The van der Waals surface area contributed by atoms with Crippen molar-refractivity contribution in [3.05, 3.63) is 41.5 Å². The minimum atomic E-state index is -0.411. The summed E-state index contributed by atoms with van der Waals surface area (Å²) in [6.07, 6.45) is 1.75. The molecule has 0 saturated carbocycles. The zero-order chi connectivity index (χ0) is 10.8. The maximum Gasteiger partial charge on any atom is 0.308 e. The topological polar surface area (TPSA) is 43.4 Å². The second-order valence-electron chi connectivity index (χ2n) is 3.40. The van der Waals surface area contributed by atoms with Crippen LogP contribution < -0.4 is 0 Å². The lowest BCUT2D eigenvalue weighted by Crippen LogP contribution is -2.12. The van der Waals surface area contributed by atoms with Gasteiger partial charge in [0, 0.05) is 25.0 Å². The summed E-state index contributed by atoms with van der Waals surface area (Å²) in [5, 5.41) is 0. The van der Waals surface area contributed by atoms with Crippen LogP contribution in [0.15, 0.2) is 30.3 Å². The van der Waals surface area contributed by atoms with Gasteiger partial charge < -0.3 is 4.74 Å². The predicted molar refractivity (Wildman–Crippen MR) is 54.9 cm³/mol. The summed E-state index contributed by atoms with van der Waals surface area (Å²) in [5.74, 6) is -0.0925. The summed E-state index contributed by atoms with van der Waals surface area (Å²) in [5.41, 5.74) is 1.73. The van der Waals surface area contributed by atoms with E-state index in [1.54, 1.807) is 0 Å². The van der Waals surface area contributed by atoms with Gasteiger partial charge >= 0.3 is 5.97 Å². The molecule has 0 atom stereocenters. The van der Waals surface area contributed by atoms with Crippen molar-refractivity contribution in [2.75, 3.05) is 0 Å². The summed E-state index contributed by atoms with van der Waals surface area (Å²) in [6, 6.07) is 7.43. The number of rotatable bonds is 1. The molecular formula is C12H10O3. The standard InChI is InChI=1S/C12H10O3/c1-8(13)15-12-7-10(14)6-9-4-2-3-5-11(9)12/h2-5,7H,6H2,1H3. The van der Waals surface area contributed by atoms with Crippen LogP contribution in [0.25, 0.3) is 5.76 Å². The average Bonchev–Trinajstić information content (AvgIpc) is 2.16. The van der Waals surface area contributed by atoms with Crippen LogP contribution in [0, 0.1) is 0 Å². The maximum absolute atomic E-state index is 11.4. The van der Waals surface area contributed by atoms with Gasteiger partial charge in [0.15, 0.2) is 5.78 Å². The molecule has 0 saturated heterocycles. The van der Waals surface area contributed by atoms with E-state index in [-0.39, 0.29) is 5.78 Å². The van der Waals surface area contributed by atoms with Crippen molar-refractivity contribution in [3.63, 3.8) is 0 Å². The smallest absolute Gasteiger partial charge is 0.308 e. The third-order valence-electron chi connectivity index (χ3n) is 2.19. The molecule has 1 aliphatic rings. The molecule has 0 bridgehead atoms. The first-order chi connectivity index (χ1) is 7.16. The highest BCUT2D eigenvalue weighted by atomic mass is 16.5. The summed E-state index contributed by atoms with van der Waals surface area (Å²) < 4.78 is 4.99. The van der Waals surface area contributed by atoms with E-state index < -0.39 is 5.97 Å². The van der Waals surface area contributed by atoms with E-state index in [0.717, 1.165) is 11.1 Å². The van der Waals surface area contributed by atoms with Gasteiger partial charge in [-0.2, -0.15) is 0 Å². The molecule has 0 spiro atoms. The Morgan fingerprint density at radius 2 is 2.07 bits per heavy atom. The van der Waals surface area contributed by atoms with Crippen LogP contribution in [0.4, 0.5) is 0 Å². The third-order valence-corrected chi connectivity index (χ3v) is 2.19. The Balaban J connectivity index is 2.44. The fourth-order valence-electron chi connectivity index (χ4n) is 1.62. The van der Waals surface area contributed by atoms with E-state index in [0.29, 0.717) is 12.2 Å². The van der Waals surface area contributed by atoms with Gasteiger partial charge in [-0.25, -0.2) is 0 Å². The highest BCUT2D eigenvalue weighted by Gasteiger charge is 2.18. The Kier molecular flexibility index (Phi) is 2.37. The second kappa shape index (κ2) is 3.69.